The van der Waals surface area contributed by atoms with Crippen molar-refractivity contribution in [3.8, 4) is 5.75 Å². The summed E-state index contributed by atoms with van der Waals surface area (Å²) in [7, 11) is 1.75. The van der Waals surface area contributed by atoms with Crippen molar-refractivity contribution in [2.24, 2.45) is 0 Å². The molecular weight excluding hydrogens is 248 g/mol. The first kappa shape index (κ1) is 15.3. The molecule has 112 valence electrons. The minimum Gasteiger partial charge on any atom is -0.496 e. The number of benzene rings is 1. The van der Waals surface area contributed by atoms with E-state index in [4.69, 9.17) is 4.74 Å². The molecule has 1 saturated heterocycles. The van der Waals surface area contributed by atoms with Crippen LogP contribution in [0.4, 0.5) is 0 Å². The van der Waals surface area contributed by atoms with Crippen molar-refractivity contribution in [2.75, 3.05) is 20.2 Å². The average molecular weight is 276 g/mol. The highest BCUT2D eigenvalue weighted by atomic mass is 16.5. The normalized spacial score (nSPS) is 21.7. The van der Waals surface area contributed by atoms with Gasteiger partial charge in [0.05, 0.1) is 7.11 Å². The third-order valence-corrected chi connectivity index (χ3v) is 4.24. The predicted octanol–water partition coefficient (Wildman–Crippen LogP) is 2.97. The number of nitrogens with one attached hydrogen (secondary N) is 1. The largest absolute Gasteiger partial charge is 0.496 e. The number of hydrogen-bond acceptors (Lipinski definition) is 3. The Kier molecular flexibility index (Phi) is 4.12. The van der Waals surface area contributed by atoms with E-state index in [9.17, 15) is 0 Å². The van der Waals surface area contributed by atoms with Crippen LogP contribution in [0, 0.1) is 6.92 Å². The van der Waals surface area contributed by atoms with Crippen molar-refractivity contribution in [3.63, 3.8) is 0 Å². The zero-order valence-electron chi connectivity index (χ0n) is 13.7. The van der Waals surface area contributed by atoms with Gasteiger partial charge in [0.25, 0.3) is 0 Å². The van der Waals surface area contributed by atoms with E-state index in [2.05, 4.69) is 63.0 Å². The SMILES string of the molecule is COc1ccc(C)cc1CN1CC(C)(C)NCC1(C)C. The maximum Gasteiger partial charge on any atom is 0.123 e. The van der Waals surface area contributed by atoms with Gasteiger partial charge in [-0.2, -0.15) is 0 Å². The Bertz CT molecular complexity index is 480. The molecule has 0 unspecified atom stereocenters. The van der Waals surface area contributed by atoms with Gasteiger partial charge < -0.3 is 10.1 Å². The highest BCUT2D eigenvalue weighted by Gasteiger charge is 2.37. The maximum atomic E-state index is 5.52. The fourth-order valence-electron chi connectivity index (χ4n) is 2.82. The van der Waals surface area contributed by atoms with Crippen LogP contribution < -0.4 is 10.1 Å². The minimum absolute atomic E-state index is 0.157. The lowest BCUT2D eigenvalue weighted by Crippen LogP contribution is -2.65. The lowest BCUT2D eigenvalue weighted by molar-refractivity contribution is 0.0318. The molecule has 0 saturated carbocycles. The number of methoxy groups -OCH3 is 1. The summed E-state index contributed by atoms with van der Waals surface area (Å²) >= 11 is 0. The first-order valence-corrected chi connectivity index (χ1v) is 7.37. The molecule has 0 aromatic heterocycles. The number of piperazine rings is 1. The summed E-state index contributed by atoms with van der Waals surface area (Å²) in [5.74, 6) is 0.989. The molecule has 0 amide bonds. The van der Waals surface area contributed by atoms with Crippen LogP contribution in [0.5, 0.6) is 5.75 Å². The van der Waals surface area contributed by atoms with E-state index in [-0.39, 0.29) is 11.1 Å². The van der Waals surface area contributed by atoms with Crippen molar-refractivity contribution in [1.82, 2.24) is 10.2 Å². The van der Waals surface area contributed by atoms with Crippen LogP contribution in [0.3, 0.4) is 0 Å². The molecule has 1 aliphatic heterocycles. The molecule has 3 heteroatoms. The van der Waals surface area contributed by atoms with Gasteiger partial charge in [0.2, 0.25) is 0 Å². The van der Waals surface area contributed by atoms with Crippen molar-refractivity contribution >= 4 is 0 Å². The van der Waals surface area contributed by atoms with Gasteiger partial charge in [-0.05, 0) is 40.7 Å². The first-order chi connectivity index (χ1) is 9.23. The molecule has 0 bridgehead atoms. The van der Waals surface area contributed by atoms with Crippen molar-refractivity contribution in [1.29, 1.82) is 0 Å². The molecule has 3 nitrogen and oxygen atoms in total. The first-order valence-electron chi connectivity index (χ1n) is 7.37. The second kappa shape index (κ2) is 5.38. The van der Waals surface area contributed by atoms with Gasteiger partial charge in [-0.3, -0.25) is 4.90 Å². The van der Waals surface area contributed by atoms with E-state index in [1.165, 1.54) is 11.1 Å². The number of nitrogens with zero attached hydrogens (tertiary/aromatic N) is 1. The number of ether oxygens (including phenoxy) is 1. The molecule has 1 fully saturated rings. The molecule has 0 radical (unpaired) electrons. The summed E-state index contributed by atoms with van der Waals surface area (Å²) in [5, 5.41) is 3.63. The van der Waals surface area contributed by atoms with Crippen LogP contribution in [0.25, 0.3) is 0 Å². The summed E-state index contributed by atoms with van der Waals surface area (Å²) in [6, 6.07) is 6.42. The fraction of sp³-hybridized carbons (Fsp3) is 0.647. The summed E-state index contributed by atoms with van der Waals surface area (Å²) in [6.45, 7) is 14.3. The van der Waals surface area contributed by atoms with Gasteiger partial charge in [0.1, 0.15) is 5.75 Å². The van der Waals surface area contributed by atoms with E-state index >= 15 is 0 Å². The topological polar surface area (TPSA) is 24.5 Å². The molecule has 0 spiro atoms. The Balaban J connectivity index is 2.25. The van der Waals surface area contributed by atoms with E-state index in [0.29, 0.717) is 0 Å². The Morgan fingerprint density at radius 1 is 1.25 bits per heavy atom. The third-order valence-electron chi connectivity index (χ3n) is 4.24. The van der Waals surface area contributed by atoms with Crippen LogP contribution in [0.15, 0.2) is 18.2 Å². The Hall–Kier alpha value is -1.06. The van der Waals surface area contributed by atoms with Crippen LogP contribution in [-0.2, 0) is 6.54 Å². The van der Waals surface area contributed by atoms with Gasteiger partial charge in [0, 0.05) is 36.3 Å². The lowest BCUT2D eigenvalue weighted by atomic mass is 9.91. The Morgan fingerprint density at radius 2 is 1.95 bits per heavy atom. The van der Waals surface area contributed by atoms with Crippen LogP contribution >= 0.6 is 0 Å². The molecule has 1 aliphatic rings. The predicted molar refractivity (Wildman–Crippen MR) is 84.3 cm³/mol. The smallest absolute Gasteiger partial charge is 0.123 e. The monoisotopic (exact) mass is 276 g/mol. The summed E-state index contributed by atoms with van der Waals surface area (Å²) in [6.07, 6.45) is 0. The molecule has 20 heavy (non-hydrogen) atoms. The molecule has 0 atom stereocenters. The van der Waals surface area contributed by atoms with Crippen molar-refractivity contribution in [3.05, 3.63) is 29.3 Å². The minimum atomic E-state index is 0.157. The van der Waals surface area contributed by atoms with Gasteiger partial charge in [-0.25, -0.2) is 0 Å². The summed E-state index contributed by atoms with van der Waals surface area (Å²) < 4.78 is 5.52. The van der Waals surface area contributed by atoms with Crippen LogP contribution in [0.2, 0.25) is 0 Å². The maximum absolute atomic E-state index is 5.52. The zero-order valence-corrected chi connectivity index (χ0v) is 13.7. The standard InChI is InChI=1S/C17H28N2O/c1-13-7-8-15(20-6)14(9-13)10-19-12-16(2,3)18-11-17(19,4)5/h7-9,18H,10-12H2,1-6H3. The second-order valence-electron chi connectivity index (χ2n) is 7.22. The fourth-order valence-corrected chi connectivity index (χ4v) is 2.82. The molecule has 1 N–H and O–H groups in total. The molecule has 0 aliphatic carbocycles. The van der Waals surface area contributed by atoms with Crippen LogP contribution in [-0.4, -0.2) is 36.2 Å². The van der Waals surface area contributed by atoms with E-state index in [1.54, 1.807) is 7.11 Å². The van der Waals surface area contributed by atoms with E-state index < -0.39 is 0 Å². The van der Waals surface area contributed by atoms with Crippen molar-refractivity contribution in [2.45, 2.75) is 52.2 Å². The van der Waals surface area contributed by atoms with Gasteiger partial charge in [-0.1, -0.05) is 17.7 Å². The average Bonchev–Trinajstić information content (AvgIpc) is 2.35. The van der Waals surface area contributed by atoms with Crippen molar-refractivity contribution < 1.29 is 4.74 Å². The number of aryl methyl sites for hydroxylation is 1. The summed E-state index contributed by atoms with van der Waals surface area (Å²) in [5.41, 5.74) is 2.88. The summed E-state index contributed by atoms with van der Waals surface area (Å²) in [4.78, 5) is 2.56. The third kappa shape index (κ3) is 3.33. The van der Waals surface area contributed by atoms with Gasteiger partial charge in [0.15, 0.2) is 0 Å². The Labute approximate surface area is 123 Å². The molecule has 1 aromatic rings. The van der Waals surface area contributed by atoms with Crippen LogP contribution in [0.1, 0.15) is 38.8 Å². The van der Waals surface area contributed by atoms with E-state index in [1.807, 2.05) is 0 Å². The lowest BCUT2D eigenvalue weighted by Gasteiger charge is -2.49. The molecule has 2 rings (SSSR count). The quantitative estimate of drug-likeness (QED) is 0.918. The molecule has 1 aromatic carbocycles. The van der Waals surface area contributed by atoms with Gasteiger partial charge in [-0.15, -0.1) is 0 Å². The molecule has 1 heterocycles. The highest BCUT2D eigenvalue weighted by molar-refractivity contribution is 5.37. The van der Waals surface area contributed by atoms with E-state index in [0.717, 1.165) is 25.4 Å². The number of rotatable bonds is 3. The molecular formula is C17H28N2O. The highest BCUT2D eigenvalue weighted by Crippen LogP contribution is 2.28. The number of hydrogen-bond donors (Lipinski definition) is 1. The second-order valence-corrected chi connectivity index (χ2v) is 7.22. The Morgan fingerprint density at radius 3 is 2.60 bits per heavy atom. The van der Waals surface area contributed by atoms with Gasteiger partial charge >= 0.3 is 0 Å². The zero-order chi connectivity index (χ0) is 15.0.